The molecule has 84 valence electrons. The summed E-state index contributed by atoms with van der Waals surface area (Å²) in [5.74, 6) is 0. The smallest absolute Gasteiger partial charge is 0.0396 e. The van der Waals surface area contributed by atoms with E-state index in [1.165, 1.54) is 33.4 Å². The molecule has 16 heavy (non-hydrogen) atoms. The zero-order valence-corrected chi connectivity index (χ0v) is 12.9. The van der Waals surface area contributed by atoms with Crippen molar-refractivity contribution in [2.75, 3.05) is 0 Å². The quantitative estimate of drug-likeness (QED) is 0.647. The van der Waals surface area contributed by atoms with Crippen LogP contribution in [-0.2, 0) is 0 Å². The molecule has 1 aromatic rings. The number of allylic oxidation sites excluding steroid dienone is 4. The van der Waals surface area contributed by atoms with Gasteiger partial charge in [0.1, 0.15) is 0 Å². The third-order valence-electron chi connectivity index (χ3n) is 3.97. The molecule has 1 aromatic carbocycles. The van der Waals surface area contributed by atoms with E-state index in [1.54, 1.807) is 5.19 Å². The van der Waals surface area contributed by atoms with Crippen molar-refractivity contribution in [3.05, 3.63) is 46.0 Å². The number of benzene rings is 1. The summed E-state index contributed by atoms with van der Waals surface area (Å²) in [5, 5.41) is 1.58. The van der Waals surface area contributed by atoms with E-state index >= 15 is 0 Å². The van der Waals surface area contributed by atoms with Crippen LogP contribution in [0.4, 0.5) is 0 Å². The Hall–Kier alpha value is -1.08. The highest BCUT2D eigenvalue weighted by Gasteiger charge is 2.13. The Morgan fingerprint density at radius 1 is 1.06 bits per heavy atom. The number of rotatable bonds is 1. The average Bonchev–Trinajstić information content (AvgIpc) is 2.67. The molecule has 0 amide bonds. The minimum atomic E-state index is 1.11. The first-order valence-corrected chi connectivity index (χ1v) is 6.96. The first-order chi connectivity index (χ1) is 7.52. The Morgan fingerprint density at radius 2 is 1.75 bits per heavy atom. The van der Waals surface area contributed by atoms with E-state index in [1.807, 2.05) is 0 Å². The molecule has 0 saturated carbocycles. The van der Waals surface area contributed by atoms with Gasteiger partial charge in [0.05, 0.1) is 0 Å². The van der Waals surface area contributed by atoms with Crippen molar-refractivity contribution in [2.24, 2.45) is 0 Å². The molecule has 2 rings (SSSR count). The fourth-order valence-corrected chi connectivity index (χ4v) is 3.28. The molecular weight excluding hydrogens is 208 g/mol. The van der Waals surface area contributed by atoms with E-state index in [2.05, 4.69) is 45.9 Å². The predicted molar refractivity (Wildman–Crippen MR) is 76.6 cm³/mol. The Kier molecular flexibility index (Phi) is 2.89. The second kappa shape index (κ2) is 4.06. The SMILES string of the molecule is CC1=C(c2cc(C)c(C)c(C)c2[SiH3])CC=C1. The Balaban J connectivity index is 2.64. The van der Waals surface area contributed by atoms with Crippen LogP contribution >= 0.6 is 0 Å². The van der Waals surface area contributed by atoms with Crippen LogP contribution in [0.5, 0.6) is 0 Å². The van der Waals surface area contributed by atoms with Crippen LogP contribution in [0.15, 0.2) is 23.8 Å². The van der Waals surface area contributed by atoms with Gasteiger partial charge in [0.15, 0.2) is 0 Å². The van der Waals surface area contributed by atoms with Gasteiger partial charge in [0.2, 0.25) is 0 Å². The van der Waals surface area contributed by atoms with Gasteiger partial charge in [0.25, 0.3) is 0 Å². The van der Waals surface area contributed by atoms with Crippen molar-refractivity contribution in [3.8, 4) is 0 Å². The van der Waals surface area contributed by atoms with Crippen molar-refractivity contribution < 1.29 is 0 Å². The molecule has 0 bridgehead atoms. The fourth-order valence-electron chi connectivity index (χ4n) is 2.46. The number of hydrogen-bond acceptors (Lipinski definition) is 0. The lowest BCUT2D eigenvalue weighted by molar-refractivity contribution is 1.27. The van der Waals surface area contributed by atoms with E-state index in [0.717, 1.165) is 16.7 Å². The van der Waals surface area contributed by atoms with E-state index in [9.17, 15) is 0 Å². The molecule has 0 aliphatic heterocycles. The molecule has 0 spiro atoms. The Morgan fingerprint density at radius 3 is 2.31 bits per heavy atom. The predicted octanol–water partition coefficient (Wildman–Crippen LogP) is 2.34. The van der Waals surface area contributed by atoms with Crippen molar-refractivity contribution in [2.45, 2.75) is 34.1 Å². The molecule has 0 saturated heterocycles. The molecule has 0 radical (unpaired) electrons. The lowest BCUT2D eigenvalue weighted by Crippen LogP contribution is -2.16. The van der Waals surface area contributed by atoms with Crippen LogP contribution in [0.2, 0.25) is 0 Å². The molecule has 0 aromatic heterocycles. The molecule has 0 fully saturated rings. The Labute approximate surface area is 102 Å². The van der Waals surface area contributed by atoms with Gasteiger partial charge in [-0.15, -0.1) is 0 Å². The molecule has 1 aliphatic rings. The molecule has 1 heteroatoms. The summed E-state index contributed by atoms with van der Waals surface area (Å²) in [4.78, 5) is 0. The van der Waals surface area contributed by atoms with E-state index in [4.69, 9.17) is 0 Å². The molecule has 1 aliphatic carbocycles. The molecule has 0 unspecified atom stereocenters. The first kappa shape index (κ1) is 11.4. The highest BCUT2D eigenvalue weighted by atomic mass is 28.1. The molecule has 0 atom stereocenters. The first-order valence-electron chi connectivity index (χ1n) is 5.96. The normalized spacial score (nSPS) is 15.2. The van der Waals surface area contributed by atoms with Gasteiger partial charge < -0.3 is 0 Å². The standard InChI is InChI=1S/C15H20Si/c1-9-6-5-7-13(9)14-8-10(2)11(3)12(4)15(14)16/h5-6,8H,7H2,1-4,16H3. The minimum Gasteiger partial charge on any atom is -0.0798 e. The van der Waals surface area contributed by atoms with Crippen molar-refractivity contribution in [3.63, 3.8) is 0 Å². The monoisotopic (exact) mass is 228 g/mol. The summed E-state index contributed by atoms with van der Waals surface area (Å²) in [6.07, 6.45) is 5.64. The largest absolute Gasteiger partial charge is 0.0798 e. The maximum Gasteiger partial charge on any atom is 0.0396 e. The zero-order chi connectivity index (χ0) is 11.9. The maximum atomic E-state index is 2.39. The van der Waals surface area contributed by atoms with Crippen molar-refractivity contribution in [1.82, 2.24) is 0 Å². The summed E-state index contributed by atoms with van der Waals surface area (Å²) in [7, 11) is 1.14. The van der Waals surface area contributed by atoms with Gasteiger partial charge in [-0.2, -0.15) is 0 Å². The van der Waals surface area contributed by atoms with Crippen LogP contribution in [0, 0.1) is 20.8 Å². The van der Waals surface area contributed by atoms with Gasteiger partial charge in [-0.25, -0.2) is 0 Å². The second-order valence-electron chi connectivity index (χ2n) is 4.88. The highest BCUT2D eigenvalue weighted by molar-refractivity contribution is 6.36. The average molecular weight is 228 g/mol. The van der Waals surface area contributed by atoms with E-state index < -0.39 is 0 Å². The van der Waals surface area contributed by atoms with Crippen LogP contribution in [0.1, 0.15) is 35.6 Å². The third-order valence-corrected chi connectivity index (χ3v) is 5.26. The molecular formula is C15H20Si. The van der Waals surface area contributed by atoms with Gasteiger partial charge >= 0.3 is 0 Å². The minimum absolute atomic E-state index is 1.11. The van der Waals surface area contributed by atoms with Gasteiger partial charge in [-0.05, 0) is 67.5 Å². The number of aryl methyl sites for hydroxylation is 1. The van der Waals surface area contributed by atoms with Crippen LogP contribution in [-0.4, -0.2) is 10.2 Å². The lowest BCUT2D eigenvalue weighted by atomic mass is 9.94. The van der Waals surface area contributed by atoms with Crippen molar-refractivity contribution >= 4 is 21.0 Å². The second-order valence-corrected chi connectivity index (χ2v) is 5.88. The van der Waals surface area contributed by atoms with Crippen LogP contribution in [0.25, 0.3) is 5.57 Å². The summed E-state index contributed by atoms with van der Waals surface area (Å²) >= 11 is 0. The number of hydrogen-bond donors (Lipinski definition) is 0. The molecule has 0 nitrogen and oxygen atoms in total. The summed E-state index contributed by atoms with van der Waals surface area (Å²) < 4.78 is 0. The van der Waals surface area contributed by atoms with Crippen LogP contribution < -0.4 is 5.19 Å². The van der Waals surface area contributed by atoms with Gasteiger partial charge in [0, 0.05) is 10.2 Å². The summed E-state index contributed by atoms with van der Waals surface area (Å²) in [6, 6.07) is 2.39. The van der Waals surface area contributed by atoms with Crippen molar-refractivity contribution in [1.29, 1.82) is 0 Å². The van der Waals surface area contributed by atoms with Gasteiger partial charge in [-0.1, -0.05) is 23.4 Å². The highest BCUT2D eigenvalue weighted by Crippen LogP contribution is 2.29. The molecule has 0 N–H and O–H groups in total. The third kappa shape index (κ3) is 1.69. The lowest BCUT2D eigenvalue weighted by Gasteiger charge is -2.16. The Bertz CT molecular complexity index is 505. The van der Waals surface area contributed by atoms with Gasteiger partial charge in [-0.3, -0.25) is 0 Å². The summed E-state index contributed by atoms with van der Waals surface area (Å²) in [5.41, 5.74) is 8.90. The van der Waals surface area contributed by atoms with E-state index in [0.29, 0.717) is 0 Å². The topological polar surface area (TPSA) is 0 Å². The summed E-state index contributed by atoms with van der Waals surface area (Å²) in [6.45, 7) is 8.96. The zero-order valence-electron chi connectivity index (χ0n) is 10.9. The maximum absolute atomic E-state index is 2.39. The van der Waals surface area contributed by atoms with E-state index in [-0.39, 0.29) is 0 Å². The fraction of sp³-hybridized carbons (Fsp3) is 0.333. The molecule has 0 heterocycles. The van der Waals surface area contributed by atoms with Crippen LogP contribution in [0.3, 0.4) is 0 Å².